The summed E-state index contributed by atoms with van der Waals surface area (Å²) in [4.78, 5) is 15.0. The molecule has 6 nitrogen and oxygen atoms in total. The minimum Gasteiger partial charge on any atom is -0.462 e. The Kier molecular flexibility index (Phi) is 8.46. The number of carbonyl (C=O) groups excluding carboxylic acids is 1. The first kappa shape index (κ1) is 22.7. The number of allylic oxidation sites excluding steroid dienone is 1. The number of halogens is 3. The Hall–Kier alpha value is -2.38. The molecule has 0 saturated heterocycles. The number of nitrogens with zero attached hydrogens (tertiary/aromatic N) is 1. The predicted octanol–water partition coefficient (Wildman–Crippen LogP) is 3.27. The molecule has 0 spiro atoms. The van der Waals surface area contributed by atoms with Crippen LogP contribution in [0.15, 0.2) is 29.5 Å². The van der Waals surface area contributed by atoms with Gasteiger partial charge in [0.25, 0.3) is 0 Å². The molecule has 0 amide bonds. The molecule has 0 fully saturated rings. The minimum absolute atomic E-state index is 0.0488. The molecule has 0 bridgehead atoms. The normalized spacial score (nSPS) is 13.4. The van der Waals surface area contributed by atoms with Crippen LogP contribution in [-0.4, -0.2) is 27.9 Å². The summed E-state index contributed by atoms with van der Waals surface area (Å²) in [5.41, 5.74) is -0.654. The zero-order valence-corrected chi connectivity index (χ0v) is 15.5. The molecule has 27 heavy (non-hydrogen) atoms. The second-order valence-corrected chi connectivity index (χ2v) is 6.38. The lowest BCUT2D eigenvalue weighted by molar-refractivity contribution is -0.139. The van der Waals surface area contributed by atoms with Crippen LogP contribution in [0.4, 0.5) is 13.2 Å². The van der Waals surface area contributed by atoms with Gasteiger partial charge in [-0.1, -0.05) is 12.1 Å². The molecule has 1 atom stereocenters. The van der Waals surface area contributed by atoms with Gasteiger partial charge in [-0.25, -0.2) is 15.6 Å². The summed E-state index contributed by atoms with van der Waals surface area (Å²) >= 11 is -2.26. The Morgan fingerprint density at radius 1 is 1.41 bits per heavy atom. The lowest BCUT2D eigenvalue weighted by atomic mass is 10.0. The molecular weight excluding hydrogens is 385 g/mol. The molecule has 0 radical (unpaired) electrons. The summed E-state index contributed by atoms with van der Waals surface area (Å²) in [6.45, 7) is 9.59. The average molecular weight is 404 g/mol. The van der Waals surface area contributed by atoms with Crippen LogP contribution in [0, 0.1) is 6.57 Å². The second-order valence-electron chi connectivity index (χ2n) is 5.45. The van der Waals surface area contributed by atoms with Crippen LogP contribution < -0.4 is 5.32 Å². The smallest absolute Gasteiger partial charge is 0.416 e. The van der Waals surface area contributed by atoms with E-state index in [1.807, 2.05) is 0 Å². The summed E-state index contributed by atoms with van der Waals surface area (Å²) in [7, 11) is 0. The third-order valence-corrected chi connectivity index (χ3v) is 4.11. The average Bonchev–Trinajstić information content (AvgIpc) is 2.57. The fourth-order valence-corrected chi connectivity index (χ4v) is 2.71. The van der Waals surface area contributed by atoms with E-state index in [1.54, 1.807) is 6.92 Å². The Morgan fingerprint density at radius 2 is 2.07 bits per heavy atom. The molecule has 0 aliphatic rings. The van der Waals surface area contributed by atoms with Crippen LogP contribution in [-0.2, 0) is 39.1 Å². The van der Waals surface area contributed by atoms with Gasteiger partial charge in [-0.15, -0.1) is 0 Å². The topological polar surface area (TPSA) is 80.0 Å². The molecule has 0 aromatic heterocycles. The van der Waals surface area contributed by atoms with Gasteiger partial charge in [-0.3, -0.25) is 0 Å². The lowest BCUT2D eigenvalue weighted by Gasteiger charge is -2.16. The number of benzene rings is 1. The Balaban J connectivity index is 3.13. The van der Waals surface area contributed by atoms with Gasteiger partial charge in [0.2, 0.25) is 6.54 Å². The van der Waals surface area contributed by atoms with E-state index in [1.165, 1.54) is 19.1 Å². The van der Waals surface area contributed by atoms with E-state index in [4.69, 9.17) is 15.9 Å². The highest BCUT2D eigenvalue weighted by molar-refractivity contribution is 7.78. The molecule has 10 heteroatoms. The van der Waals surface area contributed by atoms with Gasteiger partial charge in [-0.05, 0) is 31.0 Å². The highest BCUT2D eigenvalue weighted by Crippen LogP contribution is 2.33. The first-order valence-electron chi connectivity index (χ1n) is 7.80. The molecule has 0 aliphatic heterocycles. The maximum Gasteiger partial charge on any atom is 0.416 e. The van der Waals surface area contributed by atoms with E-state index >= 15 is 0 Å². The van der Waals surface area contributed by atoms with Crippen molar-refractivity contribution in [1.29, 1.82) is 0 Å². The summed E-state index contributed by atoms with van der Waals surface area (Å²) in [5.74, 6) is -1.11. The molecule has 1 aromatic carbocycles. The standard InChI is InChI=1S/C17H19F3N2O4S/c1-4-26-16(23)14(9-21-3)11(2)22-8-13-6-5-12(10-27(24)25)7-15(13)17(18,19)20/h5-7,22H,4,8-10H2,1-2H3,(H,24,25)/b14-11-. The molecule has 1 aromatic rings. The molecule has 1 unspecified atom stereocenters. The van der Waals surface area contributed by atoms with Gasteiger partial charge in [0.15, 0.2) is 11.1 Å². The Labute approximate surface area is 157 Å². The lowest BCUT2D eigenvalue weighted by Crippen LogP contribution is -2.21. The monoisotopic (exact) mass is 404 g/mol. The first-order chi connectivity index (χ1) is 12.6. The maximum absolute atomic E-state index is 13.3. The summed E-state index contributed by atoms with van der Waals surface area (Å²) in [6.07, 6.45) is -4.65. The third kappa shape index (κ3) is 7.03. The zero-order chi connectivity index (χ0) is 20.6. The highest BCUT2D eigenvalue weighted by Gasteiger charge is 2.33. The fourth-order valence-electron chi connectivity index (χ4n) is 2.24. The molecular formula is C17H19F3N2O4S. The van der Waals surface area contributed by atoms with Crippen LogP contribution in [0.5, 0.6) is 0 Å². The van der Waals surface area contributed by atoms with Crippen molar-refractivity contribution < 1.29 is 31.5 Å². The maximum atomic E-state index is 13.3. The molecule has 0 heterocycles. The van der Waals surface area contributed by atoms with Gasteiger partial charge < -0.3 is 19.5 Å². The molecule has 0 saturated carbocycles. The molecule has 2 N–H and O–H groups in total. The van der Waals surface area contributed by atoms with E-state index in [-0.39, 0.29) is 42.1 Å². The van der Waals surface area contributed by atoms with Gasteiger partial charge in [0.1, 0.15) is 5.57 Å². The van der Waals surface area contributed by atoms with Crippen molar-refractivity contribution in [1.82, 2.24) is 5.32 Å². The van der Waals surface area contributed by atoms with Crippen molar-refractivity contribution >= 4 is 17.0 Å². The van der Waals surface area contributed by atoms with Crippen molar-refractivity contribution in [2.75, 3.05) is 13.2 Å². The van der Waals surface area contributed by atoms with Crippen molar-refractivity contribution in [3.63, 3.8) is 0 Å². The third-order valence-electron chi connectivity index (χ3n) is 3.53. The number of nitrogens with one attached hydrogen (secondary N) is 1. The van der Waals surface area contributed by atoms with Crippen molar-refractivity contribution in [3.8, 4) is 0 Å². The van der Waals surface area contributed by atoms with E-state index in [0.717, 1.165) is 6.07 Å². The number of ether oxygens (including phenoxy) is 1. The SMILES string of the molecule is [C-]#[N+]C/C(C(=O)OCC)=C(\C)NCc1ccc(CS(=O)O)cc1C(F)(F)F. The van der Waals surface area contributed by atoms with Crippen LogP contribution in [0.3, 0.4) is 0 Å². The van der Waals surface area contributed by atoms with Crippen molar-refractivity contribution in [3.05, 3.63) is 57.6 Å². The quantitative estimate of drug-likeness (QED) is 0.301. The zero-order valence-electron chi connectivity index (χ0n) is 14.7. The van der Waals surface area contributed by atoms with Gasteiger partial charge >= 0.3 is 12.1 Å². The van der Waals surface area contributed by atoms with E-state index in [9.17, 15) is 22.2 Å². The van der Waals surface area contributed by atoms with Crippen LogP contribution in [0.2, 0.25) is 0 Å². The number of alkyl halides is 3. The number of hydrogen-bond acceptors (Lipinski definition) is 4. The molecule has 0 aliphatic carbocycles. The second kappa shape index (κ2) is 10.1. The van der Waals surface area contributed by atoms with Gasteiger partial charge in [0.05, 0.1) is 17.9 Å². The summed E-state index contributed by atoms with van der Waals surface area (Å²) in [5, 5.41) is 2.72. The fraction of sp³-hybridized carbons (Fsp3) is 0.412. The molecule has 1 rings (SSSR count). The summed E-state index contributed by atoms with van der Waals surface area (Å²) in [6, 6.07) is 3.38. The Bertz CT molecular complexity index is 785. The highest BCUT2D eigenvalue weighted by atomic mass is 32.2. The number of hydrogen-bond donors (Lipinski definition) is 2. The van der Waals surface area contributed by atoms with Gasteiger partial charge in [-0.2, -0.15) is 13.2 Å². The number of carbonyl (C=O) groups is 1. The number of esters is 1. The van der Waals surface area contributed by atoms with Crippen molar-refractivity contribution in [2.24, 2.45) is 0 Å². The Morgan fingerprint density at radius 3 is 2.59 bits per heavy atom. The predicted molar refractivity (Wildman–Crippen MR) is 93.6 cm³/mol. The minimum atomic E-state index is -4.65. The van der Waals surface area contributed by atoms with Crippen molar-refractivity contribution in [2.45, 2.75) is 32.3 Å². The van der Waals surface area contributed by atoms with E-state index < -0.39 is 34.5 Å². The first-order valence-corrected chi connectivity index (χ1v) is 9.08. The largest absolute Gasteiger partial charge is 0.462 e. The van der Waals surface area contributed by atoms with Crippen LogP contribution in [0.1, 0.15) is 30.5 Å². The summed E-state index contributed by atoms with van der Waals surface area (Å²) < 4.78 is 64.4. The number of rotatable bonds is 8. The molecule has 148 valence electrons. The van der Waals surface area contributed by atoms with E-state index in [0.29, 0.717) is 0 Å². The van der Waals surface area contributed by atoms with Crippen LogP contribution in [0.25, 0.3) is 4.85 Å². The van der Waals surface area contributed by atoms with Gasteiger partial charge in [0, 0.05) is 12.2 Å². The van der Waals surface area contributed by atoms with E-state index in [2.05, 4.69) is 10.2 Å². The van der Waals surface area contributed by atoms with Crippen LogP contribution >= 0.6 is 0 Å².